The van der Waals surface area contributed by atoms with Gasteiger partial charge in [0, 0.05) is 11.6 Å². The second-order valence-electron chi connectivity index (χ2n) is 4.30. The van der Waals surface area contributed by atoms with Crippen LogP contribution in [0.25, 0.3) is 0 Å². The van der Waals surface area contributed by atoms with Crippen LogP contribution in [0.4, 0.5) is 17.6 Å². The molecule has 0 unspecified atom stereocenters. The van der Waals surface area contributed by atoms with Crippen molar-refractivity contribution in [2.75, 3.05) is 0 Å². The molecule has 2 aromatic rings. The quantitative estimate of drug-likeness (QED) is 0.853. The minimum absolute atomic E-state index is 0.122. The zero-order valence-electron chi connectivity index (χ0n) is 10.6. The highest BCUT2D eigenvalue weighted by Gasteiger charge is 2.31. The monoisotopic (exact) mass is 301 g/mol. The molecule has 0 aliphatic carbocycles. The van der Waals surface area contributed by atoms with E-state index < -0.39 is 18.2 Å². The van der Waals surface area contributed by atoms with E-state index >= 15 is 0 Å². The first-order valence-corrected chi connectivity index (χ1v) is 5.86. The minimum Gasteiger partial charge on any atom is -0.508 e. The van der Waals surface area contributed by atoms with E-state index in [9.17, 15) is 17.6 Å². The molecule has 7 heteroatoms. The Labute approximate surface area is 117 Å². The number of aromatic hydroxyl groups is 1. The molecule has 0 bridgehead atoms. The molecule has 1 atom stereocenters. The lowest BCUT2D eigenvalue weighted by molar-refractivity contribution is -0.274. The van der Waals surface area contributed by atoms with Gasteiger partial charge in [-0.2, -0.15) is 0 Å². The largest absolute Gasteiger partial charge is 0.573 e. The lowest BCUT2D eigenvalue weighted by atomic mass is 9.99. The predicted octanol–water partition coefficient (Wildman–Crippen LogP) is 3.48. The summed E-state index contributed by atoms with van der Waals surface area (Å²) in [6.45, 7) is 0. The summed E-state index contributed by atoms with van der Waals surface area (Å²) >= 11 is 0. The molecule has 21 heavy (non-hydrogen) atoms. The van der Waals surface area contributed by atoms with Gasteiger partial charge in [-0.3, -0.25) is 0 Å². The summed E-state index contributed by atoms with van der Waals surface area (Å²) in [4.78, 5) is 0. The summed E-state index contributed by atoms with van der Waals surface area (Å²) in [5.41, 5.74) is 6.39. The van der Waals surface area contributed by atoms with Crippen molar-refractivity contribution in [3.63, 3.8) is 0 Å². The number of phenolic OH excluding ortho intramolecular Hbond substituents is 1. The lowest BCUT2D eigenvalue weighted by Gasteiger charge is -2.15. The number of phenols is 1. The smallest absolute Gasteiger partial charge is 0.508 e. The highest BCUT2D eigenvalue weighted by atomic mass is 19.4. The topological polar surface area (TPSA) is 55.5 Å². The van der Waals surface area contributed by atoms with Crippen molar-refractivity contribution < 1.29 is 27.4 Å². The van der Waals surface area contributed by atoms with Gasteiger partial charge in [-0.15, -0.1) is 13.2 Å². The summed E-state index contributed by atoms with van der Waals surface area (Å²) in [5.74, 6) is -1.32. The van der Waals surface area contributed by atoms with Crippen LogP contribution in [-0.4, -0.2) is 11.5 Å². The molecule has 0 amide bonds. The van der Waals surface area contributed by atoms with E-state index in [-0.39, 0.29) is 17.1 Å². The Morgan fingerprint density at radius 1 is 1.05 bits per heavy atom. The summed E-state index contributed by atoms with van der Waals surface area (Å²) in [7, 11) is 0. The standard InChI is InChI=1S/C14H11F4NO2/c15-12-7-9(20)3-6-11(12)13(19)8-1-4-10(5-2-8)21-14(16,17)18/h1-7,13,20H,19H2/t13-/m1/s1. The highest BCUT2D eigenvalue weighted by molar-refractivity contribution is 5.38. The molecule has 3 N–H and O–H groups in total. The normalized spacial score (nSPS) is 13.0. The third-order valence-corrected chi connectivity index (χ3v) is 2.79. The van der Waals surface area contributed by atoms with E-state index in [0.29, 0.717) is 5.56 Å². The molecule has 112 valence electrons. The SMILES string of the molecule is N[C@H](c1ccc(OC(F)(F)F)cc1)c1ccc(O)cc1F. The van der Waals surface area contributed by atoms with E-state index in [1.807, 2.05) is 0 Å². The fourth-order valence-corrected chi connectivity index (χ4v) is 1.82. The Hall–Kier alpha value is -2.28. The van der Waals surface area contributed by atoms with Crippen molar-refractivity contribution in [1.82, 2.24) is 0 Å². The van der Waals surface area contributed by atoms with Gasteiger partial charge in [0.2, 0.25) is 0 Å². The van der Waals surface area contributed by atoms with Crippen molar-refractivity contribution >= 4 is 0 Å². The van der Waals surface area contributed by atoms with Crippen molar-refractivity contribution in [1.29, 1.82) is 0 Å². The predicted molar refractivity (Wildman–Crippen MR) is 67.2 cm³/mol. The molecule has 2 rings (SSSR count). The Balaban J connectivity index is 2.22. The Morgan fingerprint density at radius 3 is 2.19 bits per heavy atom. The molecule has 0 radical (unpaired) electrons. The maximum absolute atomic E-state index is 13.7. The van der Waals surface area contributed by atoms with Crippen LogP contribution in [0, 0.1) is 5.82 Å². The first-order valence-electron chi connectivity index (χ1n) is 5.86. The third-order valence-electron chi connectivity index (χ3n) is 2.79. The summed E-state index contributed by atoms with van der Waals surface area (Å²) in [6, 6.07) is 7.47. The van der Waals surface area contributed by atoms with Gasteiger partial charge in [0.25, 0.3) is 0 Å². The molecule has 0 fully saturated rings. The molecule has 3 nitrogen and oxygen atoms in total. The average molecular weight is 301 g/mol. The van der Waals surface area contributed by atoms with Gasteiger partial charge in [0.05, 0.1) is 6.04 Å². The molecule has 0 saturated carbocycles. The van der Waals surface area contributed by atoms with Crippen LogP contribution in [0.5, 0.6) is 11.5 Å². The second kappa shape index (κ2) is 5.61. The summed E-state index contributed by atoms with van der Waals surface area (Å²) < 4.78 is 53.5. The van der Waals surface area contributed by atoms with Gasteiger partial charge in [-0.1, -0.05) is 18.2 Å². The third kappa shape index (κ3) is 3.85. The van der Waals surface area contributed by atoms with Gasteiger partial charge < -0.3 is 15.6 Å². The van der Waals surface area contributed by atoms with Gasteiger partial charge in [-0.05, 0) is 23.8 Å². The van der Waals surface area contributed by atoms with Crippen molar-refractivity contribution in [2.24, 2.45) is 5.73 Å². The molecule has 0 aromatic heterocycles. The van der Waals surface area contributed by atoms with Crippen LogP contribution in [-0.2, 0) is 0 Å². The van der Waals surface area contributed by atoms with E-state index in [1.165, 1.54) is 24.3 Å². The number of nitrogens with two attached hydrogens (primary N) is 1. The van der Waals surface area contributed by atoms with Gasteiger partial charge >= 0.3 is 6.36 Å². The molecular formula is C14H11F4NO2. The van der Waals surface area contributed by atoms with E-state index in [0.717, 1.165) is 18.2 Å². The number of alkyl halides is 3. The van der Waals surface area contributed by atoms with Gasteiger partial charge in [-0.25, -0.2) is 4.39 Å². The number of ether oxygens (including phenoxy) is 1. The summed E-state index contributed by atoms with van der Waals surface area (Å²) in [6.07, 6.45) is -4.77. The van der Waals surface area contributed by atoms with E-state index in [2.05, 4.69) is 4.74 Å². The van der Waals surface area contributed by atoms with Crippen LogP contribution in [0.1, 0.15) is 17.2 Å². The van der Waals surface area contributed by atoms with E-state index in [1.54, 1.807) is 0 Å². The number of benzene rings is 2. The van der Waals surface area contributed by atoms with Crippen LogP contribution in [0.2, 0.25) is 0 Å². The Morgan fingerprint density at radius 2 is 1.67 bits per heavy atom. The summed E-state index contributed by atoms with van der Waals surface area (Å²) in [5, 5.41) is 9.13. The van der Waals surface area contributed by atoms with E-state index in [4.69, 9.17) is 10.8 Å². The maximum Gasteiger partial charge on any atom is 0.573 e. The Kier molecular flexibility index (Phi) is 4.04. The molecule has 0 aliphatic heterocycles. The zero-order valence-corrected chi connectivity index (χ0v) is 10.6. The Bertz CT molecular complexity index is 626. The fourth-order valence-electron chi connectivity index (χ4n) is 1.82. The lowest BCUT2D eigenvalue weighted by Crippen LogP contribution is -2.17. The minimum atomic E-state index is -4.77. The number of hydrogen-bond donors (Lipinski definition) is 2. The fraction of sp³-hybridized carbons (Fsp3) is 0.143. The highest BCUT2D eigenvalue weighted by Crippen LogP contribution is 2.28. The molecule has 0 spiro atoms. The van der Waals surface area contributed by atoms with Gasteiger partial charge in [0.1, 0.15) is 17.3 Å². The number of rotatable bonds is 3. The number of hydrogen-bond acceptors (Lipinski definition) is 3. The zero-order chi connectivity index (χ0) is 15.6. The van der Waals surface area contributed by atoms with Crippen LogP contribution in [0.3, 0.4) is 0 Å². The van der Waals surface area contributed by atoms with Crippen molar-refractivity contribution in [2.45, 2.75) is 12.4 Å². The van der Waals surface area contributed by atoms with Crippen molar-refractivity contribution in [3.05, 3.63) is 59.4 Å². The first-order chi connectivity index (χ1) is 9.76. The second-order valence-corrected chi connectivity index (χ2v) is 4.30. The molecule has 0 heterocycles. The van der Waals surface area contributed by atoms with Crippen molar-refractivity contribution in [3.8, 4) is 11.5 Å². The van der Waals surface area contributed by atoms with Gasteiger partial charge in [0.15, 0.2) is 0 Å². The average Bonchev–Trinajstić information content (AvgIpc) is 2.37. The van der Waals surface area contributed by atoms with Crippen LogP contribution >= 0.6 is 0 Å². The van der Waals surface area contributed by atoms with Crippen LogP contribution in [0.15, 0.2) is 42.5 Å². The number of halogens is 4. The maximum atomic E-state index is 13.7. The molecule has 0 aliphatic rings. The molecular weight excluding hydrogens is 290 g/mol. The molecule has 0 saturated heterocycles. The first kappa shape index (κ1) is 15.1. The van der Waals surface area contributed by atoms with Crippen LogP contribution < -0.4 is 10.5 Å². The molecule has 2 aromatic carbocycles.